The molecule has 6 heteroatoms. The number of rotatable bonds is 5. The van der Waals surface area contributed by atoms with E-state index in [-0.39, 0.29) is 18.0 Å². The minimum atomic E-state index is -0.527. The molecule has 0 aliphatic carbocycles. The number of amides is 2. The van der Waals surface area contributed by atoms with Crippen molar-refractivity contribution in [2.75, 3.05) is 13.2 Å². The van der Waals surface area contributed by atoms with Crippen LogP contribution in [0.5, 0.6) is 0 Å². The molecule has 2 amide bonds. The third-order valence-electron chi connectivity index (χ3n) is 4.50. The molecule has 1 rings (SSSR count). The third kappa shape index (κ3) is 5.58. The lowest BCUT2D eigenvalue weighted by Gasteiger charge is -2.20. The maximum atomic E-state index is 12.5. The number of hydrogen-bond donors (Lipinski definition) is 2. The zero-order valence-corrected chi connectivity index (χ0v) is 17.0. The van der Waals surface area contributed by atoms with Crippen LogP contribution in [-0.2, 0) is 14.3 Å². The van der Waals surface area contributed by atoms with Crippen molar-refractivity contribution >= 4 is 17.8 Å². The number of ether oxygens (including phenoxy) is 1. The van der Waals surface area contributed by atoms with Crippen molar-refractivity contribution in [3.63, 3.8) is 0 Å². The van der Waals surface area contributed by atoms with Crippen LogP contribution in [0.25, 0.3) is 0 Å². The second kappa shape index (κ2) is 8.34. The van der Waals surface area contributed by atoms with Gasteiger partial charge in [0.15, 0.2) is 6.61 Å². The van der Waals surface area contributed by atoms with Crippen LogP contribution in [0.3, 0.4) is 0 Å². The summed E-state index contributed by atoms with van der Waals surface area (Å²) in [6, 6.07) is 0. The van der Waals surface area contributed by atoms with Gasteiger partial charge in [0.2, 0.25) is 5.91 Å². The maximum absolute atomic E-state index is 12.5. The van der Waals surface area contributed by atoms with Crippen molar-refractivity contribution in [1.82, 2.24) is 10.6 Å². The molecule has 0 saturated carbocycles. The number of hydrogen-bond acceptors (Lipinski definition) is 4. The van der Waals surface area contributed by atoms with Crippen LogP contribution in [-0.4, -0.2) is 36.5 Å². The predicted molar refractivity (Wildman–Crippen MR) is 101 cm³/mol. The zero-order valence-electron chi connectivity index (χ0n) is 17.0. The van der Waals surface area contributed by atoms with Crippen LogP contribution in [0.2, 0.25) is 0 Å². The fourth-order valence-electron chi connectivity index (χ4n) is 2.70. The van der Waals surface area contributed by atoms with Gasteiger partial charge in [-0.2, -0.15) is 0 Å². The van der Waals surface area contributed by atoms with Crippen molar-refractivity contribution in [2.45, 2.75) is 60.9 Å². The van der Waals surface area contributed by atoms with Gasteiger partial charge in [-0.05, 0) is 83.2 Å². The Labute approximate surface area is 155 Å². The summed E-state index contributed by atoms with van der Waals surface area (Å²) in [4.78, 5) is 36.0. The molecule has 0 aromatic heterocycles. The average Bonchev–Trinajstić information content (AvgIpc) is 2.53. The van der Waals surface area contributed by atoms with Gasteiger partial charge in [-0.25, -0.2) is 4.79 Å². The van der Waals surface area contributed by atoms with Crippen LogP contribution in [0.15, 0.2) is 0 Å². The lowest BCUT2D eigenvalue weighted by atomic mass is 9.90. The predicted octanol–water partition coefficient (Wildman–Crippen LogP) is 2.42. The van der Waals surface area contributed by atoms with E-state index in [1.807, 2.05) is 55.4 Å². The highest BCUT2D eigenvalue weighted by atomic mass is 16.5. The highest BCUT2D eigenvalue weighted by Crippen LogP contribution is 2.26. The minimum absolute atomic E-state index is 0.158. The van der Waals surface area contributed by atoms with E-state index in [0.717, 1.165) is 27.8 Å². The Morgan fingerprint density at radius 3 is 1.73 bits per heavy atom. The minimum Gasteiger partial charge on any atom is -0.452 e. The number of nitrogens with one attached hydrogen (secondary N) is 2. The second-order valence-electron chi connectivity index (χ2n) is 7.65. The van der Waals surface area contributed by atoms with Crippen LogP contribution < -0.4 is 10.6 Å². The molecule has 144 valence electrons. The Kier molecular flexibility index (Phi) is 6.95. The highest BCUT2D eigenvalue weighted by molar-refractivity contribution is 5.95. The molecule has 1 aromatic carbocycles. The molecular weight excluding hydrogens is 332 g/mol. The van der Waals surface area contributed by atoms with E-state index in [4.69, 9.17) is 4.74 Å². The smallest absolute Gasteiger partial charge is 0.339 e. The first-order valence-electron chi connectivity index (χ1n) is 8.67. The van der Waals surface area contributed by atoms with Gasteiger partial charge in [0.25, 0.3) is 5.91 Å². The summed E-state index contributed by atoms with van der Waals surface area (Å²) >= 11 is 0. The first-order chi connectivity index (χ1) is 11.8. The van der Waals surface area contributed by atoms with Gasteiger partial charge in [0.1, 0.15) is 0 Å². The molecule has 0 aliphatic heterocycles. The van der Waals surface area contributed by atoms with Gasteiger partial charge < -0.3 is 15.4 Å². The summed E-state index contributed by atoms with van der Waals surface area (Å²) in [7, 11) is 0. The molecule has 0 radical (unpaired) electrons. The van der Waals surface area contributed by atoms with Gasteiger partial charge >= 0.3 is 5.97 Å². The van der Waals surface area contributed by atoms with E-state index in [1.165, 1.54) is 0 Å². The van der Waals surface area contributed by atoms with Crippen LogP contribution in [0.4, 0.5) is 0 Å². The molecular formula is C20H30N2O4. The third-order valence-corrected chi connectivity index (χ3v) is 4.50. The number of carbonyl (C=O) groups is 3. The highest BCUT2D eigenvalue weighted by Gasteiger charge is 2.20. The van der Waals surface area contributed by atoms with Crippen LogP contribution >= 0.6 is 0 Å². The molecule has 1 aromatic rings. The topological polar surface area (TPSA) is 84.5 Å². The largest absolute Gasteiger partial charge is 0.452 e. The van der Waals surface area contributed by atoms with E-state index in [2.05, 4.69) is 10.6 Å². The summed E-state index contributed by atoms with van der Waals surface area (Å²) < 4.78 is 5.15. The summed E-state index contributed by atoms with van der Waals surface area (Å²) in [6.07, 6.45) is 0. The molecule has 0 bridgehead atoms. The fourth-order valence-corrected chi connectivity index (χ4v) is 2.70. The molecule has 6 nitrogen and oxygen atoms in total. The summed E-state index contributed by atoms with van der Waals surface area (Å²) in [6.45, 7) is 14.7. The molecule has 2 N–H and O–H groups in total. The van der Waals surface area contributed by atoms with Crippen molar-refractivity contribution in [3.8, 4) is 0 Å². The monoisotopic (exact) mass is 362 g/mol. The summed E-state index contributed by atoms with van der Waals surface area (Å²) in [5, 5.41) is 5.18. The number of esters is 1. The molecule has 0 spiro atoms. The quantitative estimate of drug-likeness (QED) is 0.788. The van der Waals surface area contributed by atoms with E-state index >= 15 is 0 Å². The van der Waals surface area contributed by atoms with Crippen molar-refractivity contribution in [1.29, 1.82) is 0 Å². The Bertz CT molecular complexity index is 701. The van der Waals surface area contributed by atoms with Gasteiger partial charge in [0.05, 0.1) is 12.1 Å². The summed E-state index contributed by atoms with van der Waals surface area (Å²) in [5.41, 5.74) is 5.10. The standard InChI is InChI=1S/C20H30N2O4/c1-11-12(2)14(4)18(15(5)13(11)3)19(25)26-10-17(24)21-9-16(23)22-20(6,7)8/h9-10H2,1-8H3,(H,21,24)(H,22,23). The van der Waals surface area contributed by atoms with Crippen molar-refractivity contribution in [2.24, 2.45) is 0 Å². The lowest BCUT2D eigenvalue weighted by molar-refractivity contribution is -0.128. The first kappa shape index (κ1) is 21.7. The Hall–Kier alpha value is -2.37. The zero-order chi connectivity index (χ0) is 20.2. The number of carbonyl (C=O) groups excluding carboxylic acids is 3. The molecule has 0 saturated heterocycles. The molecule has 26 heavy (non-hydrogen) atoms. The lowest BCUT2D eigenvalue weighted by Crippen LogP contribution is -2.46. The molecule has 0 aliphatic rings. The first-order valence-corrected chi connectivity index (χ1v) is 8.67. The average molecular weight is 362 g/mol. The Balaban J connectivity index is 2.68. The van der Waals surface area contributed by atoms with Crippen molar-refractivity contribution < 1.29 is 19.1 Å². The van der Waals surface area contributed by atoms with Crippen molar-refractivity contribution in [3.05, 3.63) is 33.4 Å². The SMILES string of the molecule is Cc1c(C)c(C)c(C(=O)OCC(=O)NCC(=O)NC(C)(C)C)c(C)c1C. The van der Waals surface area contributed by atoms with Gasteiger partial charge in [-0.3, -0.25) is 9.59 Å². The molecule has 0 fully saturated rings. The normalized spacial score (nSPS) is 11.1. The molecule has 0 heterocycles. The van der Waals surface area contributed by atoms with Gasteiger partial charge in [-0.15, -0.1) is 0 Å². The Morgan fingerprint density at radius 1 is 0.808 bits per heavy atom. The summed E-state index contributed by atoms with van der Waals surface area (Å²) in [5.74, 6) is -1.34. The van der Waals surface area contributed by atoms with E-state index in [9.17, 15) is 14.4 Å². The Morgan fingerprint density at radius 2 is 1.27 bits per heavy atom. The van der Waals surface area contributed by atoms with Crippen LogP contribution in [0.1, 0.15) is 58.9 Å². The van der Waals surface area contributed by atoms with Gasteiger partial charge in [-0.1, -0.05) is 0 Å². The van der Waals surface area contributed by atoms with E-state index in [1.54, 1.807) is 0 Å². The van der Waals surface area contributed by atoms with E-state index < -0.39 is 18.5 Å². The van der Waals surface area contributed by atoms with E-state index in [0.29, 0.717) is 5.56 Å². The number of benzene rings is 1. The maximum Gasteiger partial charge on any atom is 0.339 e. The fraction of sp³-hybridized carbons (Fsp3) is 0.550. The van der Waals surface area contributed by atoms with Gasteiger partial charge in [0, 0.05) is 5.54 Å². The van der Waals surface area contributed by atoms with Crippen LogP contribution in [0, 0.1) is 34.6 Å². The molecule has 0 atom stereocenters. The second-order valence-corrected chi connectivity index (χ2v) is 7.65. The molecule has 0 unspecified atom stereocenters.